The van der Waals surface area contributed by atoms with Crippen LogP contribution in [0.4, 0.5) is 5.82 Å². The Morgan fingerprint density at radius 3 is 3.11 bits per heavy atom. The van der Waals surface area contributed by atoms with Crippen LogP contribution in [0.15, 0.2) is 18.6 Å². The highest BCUT2D eigenvalue weighted by molar-refractivity contribution is 5.79. The van der Waals surface area contributed by atoms with Gasteiger partial charge in [0.15, 0.2) is 0 Å². The fourth-order valence-corrected chi connectivity index (χ4v) is 2.32. The Labute approximate surface area is 114 Å². The molecule has 5 heteroatoms. The molecule has 2 rings (SSSR count). The summed E-state index contributed by atoms with van der Waals surface area (Å²) in [5.41, 5.74) is 0. The monoisotopic (exact) mass is 262 g/mol. The Kier molecular flexibility index (Phi) is 4.71. The molecule has 0 spiro atoms. The first-order valence-corrected chi connectivity index (χ1v) is 7.02. The van der Waals surface area contributed by atoms with Crippen molar-refractivity contribution < 1.29 is 4.79 Å². The Morgan fingerprint density at radius 2 is 2.42 bits per heavy atom. The highest BCUT2D eigenvalue weighted by Crippen LogP contribution is 2.21. The average Bonchev–Trinajstić information content (AvgIpc) is 2.48. The van der Waals surface area contributed by atoms with E-state index in [4.69, 9.17) is 0 Å². The van der Waals surface area contributed by atoms with Gasteiger partial charge in [0.1, 0.15) is 5.82 Å². The molecule has 1 amide bonds. The summed E-state index contributed by atoms with van der Waals surface area (Å²) < 4.78 is 0. The second-order valence-corrected chi connectivity index (χ2v) is 5.17. The molecular weight excluding hydrogens is 240 g/mol. The molecule has 19 heavy (non-hydrogen) atoms. The molecule has 1 aromatic rings. The molecule has 1 aliphatic heterocycles. The van der Waals surface area contributed by atoms with Gasteiger partial charge in [-0.2, -0.15) is 0 Å². The maximum absolute atomic E-state index is 12.2. The number of carbonyl (C=O) groups excluding carboxylic acids is 1. The Bertz CT molecular complexity index is 409. The van der Waals surface area contributed by atoms with Gasteiger partial charge in [0.25, 0.3) is 0 Å². The van der Waals surface area contributed by atoms with E-state index < -0.39 is 0 Å². The van der Waals surface area contributed by atoms with Gasteiger partial charge in [-0.3, -0.25) is 9.78 Å². The third-order valence-electron chi connectivity index (χ3n) is 3.67. The van der Waals surface area contributed by atoms with Crippen molar-refractivity contribution in [3.63, 3.8) is 0 Å². The van der Waals surface area contributed by atoms with Crippen LogP contribution in [0.5, 0.6) is 0 Å². The quantitative estimate of drug-likeness (QED) is 0.895. The van der Waals surface area contributed by atoms with Crippen LogP contribution in [0.1, 0.15) is 33.1 Å². The number of nitrogens with zero attached hydrogens (tertiary/aromatic N) is 3. The number of anilines is 1. The fourth-order valence-electron chi connectivity index (χ4n) is 2.32. The van der Waals surface area contributed by atoms with Crippen LogP contribution in [-0.4, -0.2) is 35.0 Å². The third-order valence-corrected chi connectivity index (χ3v) is 3.67. The first-order chi connectivity index (χ1) is 9.20. The fraction of sp³-hybridized carbons (Fsp3) is 0.643. The van der Waals surface area contributed by atoms with Crippen molar-refractivity contribution >= 4 is 11.7 Å². The Hall–Kier alpha value is -1.65. The van der Waals surface area contributed by atoms with Crippen molar-refractivity contribution in [1.82, 2.24) is 15.3 Å². The van der Waals surface area contributed by atoms with Crippen molar-refractivity contribution in [3.8, 4) is 0 Å². The van der Waals surface area contributed by atoms with Gasteiger partial charge in [-0.15, -0.1) is 0 Å². The maximum Gasteiger partial charge on any atom is 0.225 e. The van der Waals surface area contributed by atoms with Crippen molar-refractivity contribution in [3.05, 3.63) is 18.6 Å². The number of hydrogen-bond acceptors (Lipinski definition) is 4. The maximum atomic E-state index is 12.2. The predicted octanol–water partition coefficient (Wildman–Crippen LogP) is 1.61. The molecule has 1 aliphatic rings. The minimum Gasteiger partial charge on any atom is -0.355 e. The zero-order chi connectivity index (χ0) is 13.7. The van der Waals surface area contributed by atoms with E-state index in [2.05, 4.69) is 27.1 Å². The third kappa shape index (κ3) is 3.66. The second kappa shape index (κ2) is 6.50. The van der Waals surface area contributed by atoms with Crippen molar-refractivity contribution in [2.45, 2.75) is 39.2 Å². The van der Waals surface area contributed by atoms with Gasteiger partial charge in [-0.05, 0) is 26.2 Å². The molecule has 1 N–H and O–H groups in total. The summed E-state index contributed by atoms with van der Waals surface area (Å²) >= 11 is 0. The average molecular weight is 262 g/mol. The predicted molar refractivity (Wildman–Crippen MR) is 74.9 cm³/mol. The molecule has 1 aromatic heterocycles. The summed E-state index contributed by atoms with van der Waals surface area (Å²) in [4.78, 5) is 22.7. The van der Waals surface area contributed by atoms with E-state index in [1.807, 2.05) is 6.92 Å². The molecule has 2 heterocycles. The number of hydrogen-bond donors (Lipinski definition) is 1. The minimum atomic E-state index is 0.0600. The number of aromatic nitrogens is 2. The number of amides is 1. The van der Waals surface area contributed by atoms with Crippen molar-refractivity contribution in [1.29, 1.82) is 0 Å². The van der Waals surface area contributed by atoms with Gasteiger partial charge in [-0.1, -0.05) is 6.92 Å². The van der Waals surface area contributed by atoms with Gasteiger partial charge < -0.3 is 10.2 Å². The summed E-state index contributed by atoms with van der Waals surface area (Å²) in [7, 11) is 0. The molecule has 104 valence electrons. The van der Waals surface area contributed by atoms with Crippen molar-refractivity contribution in [2.24, 2.45) is 5.92 Å². The molecule has 0 aliphatic carbocycles. The van der Waals surface area contributed by atoms with E-state index in [-0.39, 0.29) is 17.9 Å². The van der Waals surface area contributed by atoms with E-state index >= 15 is 0 Å². The highest BCUT2D eigenvalue weighted by Gasteiger charge is 2.26. The van der Waals surface area contributed by atoms with Crippen molar-refractivity contribution in [2.75, 3.05) is 18.0 Å². The molecule has 1 saturated heterocycles. The molecule has 0 bridgehead atoms. The zero-order valence-electron chi connectivity index (χ0n) is 11.7. The smallest absolute Gasteiger partial charge is 0.225 e. The van der Waals surface area contributed by atoms with E-state index in [0.717, 1.165) is 38.2 Å². The van der Waals surface area contributed by atoms with E-state index in [1.165, 1.54) is 0 Å². The molecule has 2 atom stereocenters. The first-order valence-electron chi connectivity index (χ1n) is 7.02. The standard InChI is InChI=1S/C14H22N4O/c1-3-11(2)17-14(19)12-5-4-8-18(10-12)13-9-15-6-7-16-13/h6-7,9,11-12H,3-5,8,10H2,1-2H3,(H,17,19). The molecule has 1 fully saturated rings. The van der Waals surface area contributed by atoms with E-state index in [1.54, 1.807) is 18.6 Å². The molecule has 0 radical (unpaired) electrons. The molecule has 0 aromatic carbocycles. The number of piperidine rings is 1. The topological polar surface area (TPSA) is 58.1 Å². The van der Waals surface area contributed by atoms with Crippen LogP contribution < -0.4 is 10.2 Å². The number of nitrogens with one attached hydrogen (secondary N) is 1. The summed E-state index contributed by atoms with van der Waals surface area (Å²) in [6, 6.07) is 0.249. The van der Waals surface area contributed by atoms with Crippen LogP contribution in [0.2, 0.25) is 0 Å². The first kappa shape index (κ1) is 13.8. The number of rotatable bonds is 4. The molecule has 0 saturated carbocycles. The summed E-state index contributed by atoms with van der Waals surface area (Å²) in [6.07, 6.45) is 8.06. The lowest BCUT2D eigenvalue weighted by Crippen LogP contribution is -2.45. The molecule has 5 nitrogen and oxygen atoms in total. The second-order valence-electron chi connectivity index (χ2n) is 5.17. The molecular formula is C14H22N4O. The van der Waals surface area contributed by atoms with Gasteiger partial charge in [-0.25, -0.2) is 4.98 Å². The van der Waals surface area contributed by atoms with Gasteiger partial charge in [0.05, 0.1) is 12.1 Å². The van der Waals surface area contributed by atoms with Crippen LogP contribution in [0.25, 0.3) is 0 Å². The summed E-state index contributed by atoms with van der Waals surface area (Å²) in [6.45, 7) is 5.81. The highest BCUT2D eigenvalue weighted by atomic mass is 16.2. The van der Waals surface area contributed by atoms with Crippen LogP contribution in [0, 0.1) is 5.92 Å². The van der Waals surface area contributed by atoms with Crippen LogP contribution >= 0.6 is 0 Å². The lowest BCUT2D eigenvalue weighted by atomic mass is 9.96. The lowest BCUT2D eigenvalue weighted by Gasteiger charge is -2.33. The number of carbonyl (C=O) groups is 1. The lowest BCUT2D eigenvalue weighted by molar-refractivity contribution is -0.125. The van der Waals surface area contributed by atoms with Gasteiger partial charge in [0.2, 0.25) is 5.91 Å². The minimum absolute atomic E-state index is 0.0600. The van der Waals surface area contributed by atoms with Crippen LogP contribution in [0.3, 0.4) is 0 Å². The molecule has 2 unspecified atom stereocenters. The zero-order valence-corrected chi connectivity index (χ0v) is 11.7. The Morgan fingerprint density at radius 1 is 1.58 bits per heavy atom. The normalized spacial score (nSPS) is 20.9. The van der Waals surface area contributed by atoms with E-state index in [0.29, 0.717) is 0 Å². The largest absolute Gasteiger partial charge is 0.355 e. The van der Waals surface area contributed by atoms with Gasteiger partial charge >= 0.3 is 0 Å². The SMILES string of the molecule is CCC(C)NC(=O)C1CCCN(c2cnccn2)C1. The Balaban J connectivity index is 1.95. The van der Waals surface area contributed by atoms with Gasteiger partial charge in [0, 0.05) is 31.5 Å². The summed E-state index contributed by atoms with van der Waals surface area (Å²) in [5, 5.41) is 3.07. The summed E-state index contributed by atoms with van der Waals surface area (Å²) in [5.74, 6) is 1.09. The van der Waals surface area contributed by atoms with E-state index in [9.17, 15) is 4.79 Å². The van der Waals surface area contributed by atoms with Crippen LogP contribution in [-0.2, 0) is 4.79 Å².